The van der Waals surface area contributed by atoms with Gasteiger partial charge in [-0.05, 0) is 36.5 Å². The second-order valence-electron chi connectivity index (χ2n) is 5.54. The summed E-state index contributed by atoms with van der Waals surface area (Å²) in [5, 5.41) is 2.61. The second kappa shape index (κ2) is 5.51. The van der Waals surface area contributed by atoms with Crippen LogP contribution in [0.4, 0.5) is 11.4 Å². The average Bonchev–Trinajstić information content (AvgIpc) is 2.41. The van der Waals surface area contributed by atoms with E-state index in [9.17, 15) is 4.79 Å². The van der Waals surface area contributed by atoms with Crippen LogP contribution in [0.25, 0.3) is 0 Å². The van der Waals surface area contributed by atoms with Crippen LogP contribution in [0.1, 0.15) is 30.6 Å². The van der Waals surface area contributed by atoms with E-state index in [1.807, 2.05) is 12.1 Å². The summed E-state index contributed by atoms with van der Waals surface area (Å²) in [6.07, 6.45) is 1.19. The lowest BCUT2D eigenvalue weighted by molar-refractivity contribution is 0.0963. The first-order chi connectivity index (χ1) is 9.02. The second-order valence-corrected chi connectivity index (χ2v) is 5.54. The minimum atomic E-state index is -0.0983. The number of nitrogens with zero attached hydrogens (tertiary/aromatic N) is 1. The zero-order valence-electron chi connectivity index (χ0n) is 11.9. The van der Waals surface area contributed by atoms with Crippen LogP contribution in [-0.2, 0) is 0 Å². The Morgan fingerprint density at radius 3 is 2.68 bits per heavy atom. The minimum absolute atomic E-state index is 0.0983. The molecule has 0 aliphatic carbocycles. The molecular formula is C15H23N3O. The molecule has 1 saturated heterocycles. The van der Waals surface area contributed by atoms with Gasteiger partial charge in [-0.3, -0.25) is 4.79 Å². The standard InChI is InChI=1S/C15H23N3O/c1-10-6-7-18(9-11(10)2)14-5-4-12(8-13(14)16)15(19)17-3/h4-5,8,10-11H,6-7,9,16H2,1-3H3,(H,17,19). The Labute approximate surface area is 115 Å². The fourth-order valence-electron chi connectivity index (χ4n) is 2.61. The molecule has 4 nitrogen and oxygen atoms in total. The van der Waals surface area contributed by atoms with Gasteiger partial charge in [-0.2, -0.15) is 0 Å². The van der Waals surface area contributed by atoms with Crippen molar-refractivity contribution in [2.24, 2.45) is 11.8 Å². The van der Waals surface area contributed by atoms with Gasteiger partial charge in [0.25, 0.3) is 5.91 Å². The predicted octanol–water partition coefficient (Wildman–Crippen LogP) is 2.11. The smallest absolute Gasteiger partial charge is 0.251 e. The Bertz CT molecular complexity index is 472. The van der Waals surface area contributed by atoms with E-state index in [1.54, 1.807) is 13.1 Å². The lowest BCUT2D eigenvalue weighted by atomic mass is 9.88. The maximum Gasteiger partial charge on any atom is 0.251 e. The van der Waals surface area contributed by atoms with E-state index in [0.717, 1.165) is 24.7 Å². The summed E-state index contributed by atoms with van der Waals surface area (Å²) in [5.74, 6) is 1.34. The molecule has 0 saturated carbocycles. The minimum Gasteiger partial charge on any atom is -0.397 e. The molecule has 1 aromatic carbocycles. The number of carbonyl (C=O) groups is 1. The Hall–Kier alpha value is -1.71. The van der Waals surface area contributed by atoms with Gasteiger partial charge < -0.3 is 16.0 Å². The van der Waals surface area contributed by atoms with Gasteiger partial charge in [0, 0.05) is 25.7 Å². The summed E-state index contributed by atoms with van der Waals surface area (Å²) in [5.41, 5.74) is 8.45. The molecule has 1 fully saturated rings. The summed E-state index contributed by atoms with van der Waals surface area (Å²) in [6, 6.07) is 5.56. The number of nitrogen functional groups attached to an aromatic ring is 1. The zero-order chi connectivity index (χ0) is 14.0. The van der Waals surface area contributed by atoms with Crippen molar-refractivity contribution in [1.29, 1.82) is 0 Å². The van der Waals surface area contributed by atoms with Gasteiger partial charge >= 0.3 is 0 Å². The molecule has 1 amide bonds. The highest BCUT2D eigenvalue weighted by Gasteiger charge is 2.24. The van der Waals surface area contributed by atoms with E-state index in [-0.39, 0.29) is 5.91 Å². The summed E-state index contributed by atoms with van der Waals surface area (Å²) in [6.45, 7) is 6.66. The number of amides is 1. The van der Waals surface area contributed by atoms with Crippen LogP contribution in [-0.4, -0.2) is 26.0 Å². The van der Waals surface area contributed by atoms with Gasteiger partial charge in [0.05, 0.1) is 11.4 Å². The third kappa shape index (κ3) is 2.83. The van der Waals surface area contributed by atoms with Crippen molar-refractivity contribution in [1.82, 2.24) is 5.32 Å². The lowest BCUT2D eigenvalue weighted by Crippen LogP contribution is -2.38. The van der Waals surface area contributed by atoms with Gasteiger partial charge in [0.15, 0.2) is 0 Å². The molecule has 2 unspecified atom stereocenters. The van der Waals surface area contributed by atoms with Crippen LogP contribution in [0.2, 0.25) is 0 Å². The molecule has 4 heteroatoms. The first-order valence-electron chi connectivity index (χ1n) is 6.89. The van der Waals surface area contributed by atoms with Crippen LogP contribution < -0.4 is 16.0 Å². The third-order valence-electron chi connectivity index (χ3n) is 4.19. The monoisotopic (exact) mass is 261 g/mol. The lowest BCUT2D eigenvalue weighted by Gasteiger charge is -2.37. The van der Waals surface area contributed by atoms with E-state index in [0.29, 0.717) is 17.2 Å². The van der Waals surface area contributed by atoms with Crippen LogP contribution in [0, 0.1) is 11.8 Å². The number of piperidine rings is 1. The first-order valence-corrected chi connectivity index (χ1v) is 6.89. The molecular weight excluding hydrogens is 238 g/mol. The number of nitrogens with two attached hydrogens (primary N) is 1. The number of rotatable bonds is 2. The van der Waals surface area contributed by atoms with Crippen LogP contribution in [0.5, 0.6) is 0 Å². The number of hydrogen-bond donors (Lipinski definition) is 2. The Balaban J connectivity index is 2.19. The molecule has 0 aromatic heterocycles. The highest BCUT2D eigenvalue weighted by Crippen LogP contribution is 2.31. The van der Waals surface area contributed by atoms with E-state index in [1.165, 1.54) is 6.42 Å². The summed E-state index contributed by atoms with van der Waals surface area (Å²) in [4.78, 5) is 13.9. The highest BCUT2D eigenvalue weighted by molar-refractivity contribution is 5.96. The Kier molecular flexibility index (Phi) is 3.98. The number of carbonyl (C=O) groups excluding carboxylic acids is 1. The number of nitrogens with one attached hydrogen (secondary N) is 1. The van der Waals surface area contributed by atoms with Crippen molar-refractivity contribution in [2.45, 2.75) is 20.3 Å². The van der Waals surface area contributed by atoms with Crippen LogP contribution in [0.15, 0.2) is 18.2 Å². The fraction of sp³-hybridized carbons (Fsp3) is 0.533. The highest BCUT2D eigenvalue weighted by atomic mass is 16.1. The number of anilines is 2. The largest absolute Gasteiger partial charge is 0.397 e. The molecule has 1 aliphatic rings. The molecule has 1 aromatic rings. The molecule has 1 aliphatic heterocycles. The molecule has 2 atom stereocenters. The molecule has 19 heavy (non-hydrogen) atoms. The number of hydrogen-bond acceptors (Lipinski definition) is 3. The first kappa shape index (κ1) is 13.7. The summed E-state index contributed by atoms with van der Waals surface area (Å²) >= 11 is 0. The van der Waals surface area contributed by atoms with Crippen molar-refractivity contribution in [3.63, 3.8) is 0 Å². The average molecular weight is 261 g/mol. The summed E-state index contributed by atoms with van der Waals surface area (Å²) in [7, 11) is 1.63. The maximum absolute atomic E-state index is 11.6. The van der Waals surface area contributed by atoms with E-state index in [2.05, 4.69) is 24.1 Å². The van der Waals surface area contributed by atoms with Crippen LogP contribution in [0.3, 0.4) is 0 Å². The summed E-state index contributed by atoms with van der Waals surface area (Å²) < 4.78 is 0. The van der Waals surface area contributed by atoms with Gasteiger partial charge in [-0.1, -0.05) is 13.8 Å². The molecule has 1 heterocycles. The third-order valence-corrected chi connectivity index (χ3v) is 4.19. The predicted molar refractivity (Wildman–Crippen MR) is 79.4 cm³/mol. The SMILES string of the molecule is CNC(=O)c1ccc(N2CCC(C)C(C)C2)c(N)c1. The molecule has 3 N–H and O–H groups in total. The van der Waals surface area contributed by atoms with Crippen molar-refractivity contribution in [3.8, 4) is 0 Å². The van der Waals surface area contributed by atoms with E-state index in [4.69, 9.17) is 5.73 Å². The molecule has 0 bridgehead atoms. The normalized spacial score (nSPS) is 23.2. The van der Waals surface area contributed by atoms with Crippen molar-refractivity contribution in [2.75, 3.05) is 30.8 Å². The Morgan fingerprint density at radius 2 is 2.11 bits per heavy atom. The van der Waals surface area contributed by atoms with Crippen molar-refractivity contribution in [3.05, 3.63) is 23.8 Å². The van der Waals surface area contributed by atoms with E-state index >= 15 is 0 Å². The van der Waals surface area contributed by atoms with Gasteiger partial charge in [-0.25, -0.2) is 0 Å². The molecule has 104 valence electrons. The van der Waals surface area contributed by atoms with Crippen molar-refractivity contribution < 1.29 is 4.79 Å². The zero-order valence-corrected chi connectivity index (χ0v) is 11.9. The van der Waals surface area contributed by atoms with Gasteiger partial charge in [0.1, 0.15) is 0 Å². The van der Waals surface area contributed by atoms with Crippen molar-refractivity contribution >= 4 is 17.3 Å². The number of benzene rings is 1. The van der Waals surface area contributed by atoms with Gasteiger partial charge in [-0.15, -0.1) is 0 Å². The Morgan fingerprint density at radius 1 is 1.37 bits per heavy atom. The topological polar surface area (TPSA) is 58.4 Å². The molecule has 2 rings (SSSR count). The maximum atomic E-state index is 11.6. The molecule has 0 spiro atoms. The van der Waals surface area contributed by atoms with E-state index < -0.39 is 0 Å². The van der Waals surface area contributed by atoms with Crippen LogP contribution >= 0.6 is 0 Å². The van der Waals surface area contributed by atoms with Gasteiger partial charge in [0.2, 0.25) is 0 Å². The molecule has 0 radical (unpaired) electrons. The fourth-order valence-corrected chi connectivity index (χ4v) is 2.61. The quantitative estimate of drug-likeness (QED) is 0.802.